The van der Waals surface area contributed by atoms with Gasteiger partial charge in [-0.05, 0) is 43.5 Å². The van der Waals surface area contributed by atoms with Gasteiger partial charge in [-0.15, -0.1) is 0 Å². The van der Waals surface area contributed by atoms with Crippen LogP contribution in [0.1, 0.15) is 31.2 Å². The van der Waals surface area contributed by atoms with E-state index in [0.29, 0.717) is 30.0 Å². The van der Waals surface area contributed by atoms with Gasteiger partial charge < -0.3 is 10.6 Å². The average molecular weight is 447 g/mol. The molecule has 1 fully saturated rings. The molecule has 1 aliphatic heterocycles. The van der Waals surface area contributed by atoms with E-state index in [-0.39, 0.29) is 29.5 Å². The number of para-hydroxylation sites is 2. The van der Waals surface area contributed by atoms with E-state index in [2.05, 4.69) is 10.6 Å². The molecule has 31 heavy (non-hydrogen) atoms. The molecule has 0 aliphatic carbocycles. The number of nitrogens with zero attached hydrogens (tertiary/aromatic N) is 2. The number of amides is 1. The fourth-order valence-corrected chi connectivity index (χ4v) is 5.28. The first-order valence-electron chi connectivity index (χ1n) is 10.2. The molecule has 10 heteroatoms. The lowest BCUT2D eigenvalue weighted by atomic mass is 10.2. The standard InChI is InChI=1S/C21H26N4O5S/c1-16-9-10-17(15-20(16)31(29,30)24-13-5-2-6-14-24)23-21(26)11-12-22-18-7-3-4-8-19(18)25(27)28/h3-4,7-10,15,22H,2,5-6,11-14H2,1H3,(H,23,26). The number of sulfonamides is 1. The van der Waals surface area contributed by atoms with Crippen molar-refractivity contribution >= 4 is 33.0 Å². The summed E-state index contributed by atoms with van der Waals surface area (Å²) in [6, 6.07) is 11.0. The second-order valence-electron chi connectivity index (χ2n) is 7.44. The van der Waals surface area contributed by atoms with Crippen LogP contribution in [0.5, 0.6) is 0 Å². The minimum Gasteiger partial charge on any atom is -0.379 e. The number of nitro groups is 1. The smallest absolute Gasteiger partial charge is 0.292 e. The van der Waals surface area contributed by atoms with Crippen LogP contribution in [0.25, 0.3) is 0 Å². The fourth-order valence-electron chi connectivity index (χ4n) is 3.52. The summed E-state index contributed by atoms with van der Waals surface area (Å²) in [6.45, 7) is 2.95. The van der Waals surface area contributed by atoms with Crippen LogP contribution in [0.15, 0.2) is 47.4 Å². The number of aryl methyl sites for hydroxylation is 1. The Morgan fingerprint density at radius 2 is 1.84 bits per heavy atom. The Morgan fingerprint density at radius 3 is 2.55 bits per heavy atom. The van der Waals surface area contributed by atoms with Gasteiger partial charge in [0.25, 0.3) is 5.69 Å². The summed E-state index contributed by atoms with van der Waals surface area (Å²) in [7, 11) is -3.61. The van der Waals surface area contributed by atoms with Crippen LogP contribution in [0, 0.1) is 17.0 Å². The van der Waals surface area contributed by atoms with Crippen molar-refractivity contribution in [1.29, 1.82) is 0 Å². The summed E-state index contributed by atoms with van der Waals surface area (Å²) in [5.41, 5.74) is 1.30. The number of rotatable bonds is 8. The van der Waals surface area contributed by atoms with E-state index in [1.165, 1.54) is 16.4 Å². The molecule has 0 atom stereocenters. The van der Waals surface area contributed by atoms with Crippen LogP contribution in [0.3, 0.4) is 0 Å². The molecule has 1 aliphatic rings. The predicted molar refractivity (Wildman–Crippen MR) is 119 cm³/mol. The van der Waals surface area contributed by atoms with Crippen LogP contribution >= 0.6 is 0 Å². The molecular formula is C21H26N4O5S. The molecule has 1 amide bonds. The Labute approximate surface area is 181 Å². The number of hydrogen-bond donors (Lipinski definition) is 2. The van der Waals surface area contributed by atoms with Crippen molar-refractivity contribution in [3.63, 3.8) is 0 Å². The van der Waals surface area contributed by atoms with Gasteiger partial charge in [-0.25, -0.2) is 8.42 Å². The zero-order chi connectivity index (χ0) is 22.4. The van der Waals surface area contributed by atoms with Gasteiger partial charge in [0, 0.05) is 37.8 Å². The van der Waals surface area contributed by atoms with Gasteiger partial charge in [-0.1, -0.05) is 24.6 Å². The Bertz CT molecular complexity index is 1070. The van der Waals surface area contributed by atoms with E-state index < -0.39 is 14.9 Å². The van der Waals surface area contributed by atoms with Crippen molar-refractivity contribution in [2.45, 2.75) is 37.5 Å². The molecule has 166 valence electrons. The molecule has 0 unspecified atom stereocenters. The highest BCUT2D eigenvalue weighted by Crippen LogP contribution is 2.26. The number of nitrogens with one attached hydrogen (secondary N) is 2. The monoisotopic (exact) mass is 446 g/mol. The summed E-state index contributed by atoms with van der Waals surface area (Å²) < 4.78 is 27.5. The lowest BCUT2D eigenvalue weighted by Crippen LogP contribution is -2.36. The molecule has 0 aromatic heterocycles. The van der Waals surface area contributed by atoms with Gasteiger partial charge in [-0.2, -0.15) is 4.31 Å². The summed E-state index contributed by atoms with van der Waals surface area (Å²) in [5, 5.41) is 16.7. The molecular weight excluding hydrogens is 420 g/mol. The number of carbonyl (C=O) groups excluding carboxylic acids is 1. The number of hydrogen-bond acceptors (Lipinski definition) is 6. The lowest BCUT2D eigenvalue weighted by molar-refractivity contribution is -0.384. The van der Waals surface area contributed by atoms with E-state index in [9.17, 15) is 23.3 Å². The lowest BCUT2D eigenvalue weighted by Gasteiger charge is -2.26. The maximum Gasteiger partial charge on any atom is 0.292 e. The zero-order valence-corrected chi connectivity index (χ0v) is 18.2. The molecule has 2 aromatic rings. The van der Waals surface area contributed by atoms with Crippen molar-refractivity contribution in [2.24, 2.45) is 0 Å². The van der Waals surface area contributed by atoms with E-state index in [0.717, 1.165) is 19.3 Å². The number of carbonyl (C=O) groups is 1. The van der Waals surface area contributed by atoms with E-state index in [1.807, 2.05) is 0 Å². The van der Waals surface area contributed by atoms with Gasteiger partial charge in [0.1, 0.15) is 5.69 Å². The highest BCUT2D eigenvalue weighted by atomic mass is 32.2. The Balaban J connectivity index is 1.63. The largest absolute Gasteiger partial charge is 0.379 e. The van der Waals surface area contributed by atoms with Crippen LogP contribution in [0.2, 0.25) is 0 Å². The van der Waals surface area contributed by atoms with Gasteiger partial charge in [0.2, 0.25) is 15.9 Å². The molecule has 0 saturated carbocycles. The molecule has 2 N–H and O–H groups in total. The van der Waals surface area contributed by atoms with Crippen molar-refractivity contribution < 1.29 is 18.1 Å². The Morgan fingerprint density at radius 1 is 1.13 bits per heavy atom. The fraction of sp³-hybridized carbons (Fsp3) is 0.381. The number of piperidine rings is 1. The van der Waals surface area contributed by atoms with Crippen molar-refractivity contribution in [3.05, 3.63) is 58.1 Å². The third-order valence-electron chi connectivity index (χ3n) is 5.17. The first kappa shape index (κ1) is 22.7. The summed E-state index contributed by atoms with van der Waals surface area (Å²) >= 11 is 0. The van der Waals surface area contributed by atoms with Gasteiger partial charge >= 0.3 is 0 Å². The number of nitro benzene ring substituents is 1. The molecule has 1 saturated heterocycles. The molecule has 0 radical (unpaired) electrons. The second kappa shape index (κ2) is 9.88. The third kappa shape index (κ3) is 5.59. The first-order valence-corrected chi connectivity index (χ1v) is 11.6. The maximum absolute atomic E-state index is 13.0. The molecule has 2 aromatic carbocycles. The maximum atomic E-state index is 13.0. The van der Waals surface area contributed by atoms with Crippen molar-refractivity contribution in [3.8, 4) is 0 Å². The van der Waals surface area contributed by atoms with Crippen LogP contribution < -0.4 is 10.6 Å². The SMILES string of the molecule is Cc1ccc(NC(=O)CCNc2ccccc2[N+](=O)[O-])cc1S(=O)(=O)N1CCCCC1. The van der Waals surface area contributed by atoms with E-state index in [4.69, 9.17) is 0 Å². The summed E-state index contributed by atoms with van der Waals surface area (Å²) in [5.74, 6) is -0.323. The topological polar surface area (TPSA) is 122 Å². The van der Waals surface area contributed by atoms with E-state index in [1.54, 1.807) is 37.3 Å². The minimum absolute atomic E-state index is 0.0611. The summed E-state index contributed by atoms with van der Waals surface area (Å²) in [6.07, 6.45) is 2.79. The number of anilines is 2. The number of benzene rings is 2. The van der Waals surface area contributed by atoms with Crippen LogP contribution in [-0.4, -0.2) is 43.2 Å². The Kier molecular flexibility index (Phi) is 7.24. The van der Waals surface area contributed by atoms with Crippen LogP contribution in [-0.2, 0) is 14.8 Å². The first-order chi connectivity index (χ1) is 14.8. The Hall–Kier alpha value is -2.98. The third-order valence-corrected chi connectivity index (χ3v) is 7.21. The average Bonchev–Trinajstić information content (AvgIpc) is 2.76. The van der Waals surface area contributed by atoms with E-state index >= 15 is 0 Å². The highest BCUT2D eigenvalue weighted by molar-refractivity contribution is 7.89. The molecule has 0 spiro atoms. The predicted octanol–water partition coefficient (Wildman–Crippen LogP) is 3.52. The highest BCUT2D eigenvalue weighted by Gasteiger charge is 2.27. The molecule has 3 rings (SSSR count). The second-order valence-corrected chi connectivity index (χ2v) is 9.35. The molecule has 0 bridgehead atoms. The van der Waals surface area contributed by atoms with Crippen LogP contribution in [0.4, 0.5) is 17.1 Å². The molecule has 1 heterocycles. The normalized spacial score (nSPS) is 14.7. The summed E-state index contributed by atoms with van der Waals surface area (Å²) in [4.78, 5) is 23.1. The quantitative estimate of drug-likeness (QED) is 0.473. The van der Waals surface area contributed by atoms with Gasteiger partial charge in [0.15, 0.2) is 0 Å². The minimum atomic E-state index is -3.61. The zero-order valence-electron chi connectivity index (χ0n) is 17.3. The van der Waals surface area contributed by atoms with Gasteiger partial charge in [0.05, 0.1) is 9.82 Å². The van der Waals surface area contributed by atoms with Crippen molar-refractivity contribution in [2.75, 3.05) is 30.3 Å². The molecule has 9 nitrogen and oxygen atoms in total. The van der Waals surface area contributed by atoms with Gasteiger partial charge in [-0.3, -0.25) is 14.9 Å². The van der Waals surface area contributed by atoms with Crippen molar-refractivity contribution in [1.82, 2.24) is 4.31 Å².